The van der Waals surface area contributed by atoms with Gasteiger partial charge in [-0.05, 0) is 65.6 Å². The topological polar surface area (TPSA) is 99.9 Å². The fourth-order valence-electron chi connectivity index (χ4n) is 4.49. The number of carbonyl (C=O) groups excluding carboxylic acids is 2. The third-order valence-corrected chi connectivity index (χ3v) is 6.43. The maximum atomic E-state index is 13.4. The molecule has 1 fully saturated rings. The van der Waals surface area contributed by atoms with E-state index in [1.165, 1.54) is 4.90 Å². The highest BCUT2D eigenvalue weighted by Gasteiger charge is 2.47. The molecule has 0 saturated carbocycles. The van der Waals surface area contributed by atoms with Crippen molar-refractivity contribution in [2.75, 3.05) is 19.1 Å². The number of benzene rings is 3. The predicted octanol–water partition coefficient (Wildman–Crippen LogP) is 5.50. The summed E-state index contributed by atoms with van der Waals surface area (Å²) in [5.74, 6) is -0.561. The van der Waals surface area contributed by atoms with Gasteiger partial charge in [-0.15, -0.1) is 0 Å². The van der Waals surface area contributed by atoms with Gasteiger partial charge in [-0.25, -0.2) is 0 Å². The zero-order valence-electron chi connectivity index (χ0n) is 21.4. The quantitative estimate of drug-likeness (QED) is 0.284. The van der Waals surface area contributed by atoms with E-state index < -0.39 is 17.7 Å². The summed E-state index contributed by atoms with van der Waals surface area (Å²) in [5, 5.41) is 20.7. The first-order valence-corrected chi connectivity index (χ1v) is 11.7. The van der Waals surface area contributed by atoms with E-state index in [2.05, 4.69) is 6.07 Å². The second-order valence-electron chi connectivity index (χ2n) is 9.77. The summed E-state index contributed by atoms with van der Waals surface area (Å²) in [7, 11) is 3.13. The number of carbonyl (C=O) groups is 2. The number of methoxy groups -OCH3 is 2. The van der Waals surface area contributed by atoms with Gasteiger partial charge in [-0.3, -0.25) is 14.5 Å². The highest BCUT2D eigenvalue weighted by Crippen LogP contribution is 2.43. The van der Waals surface area contributed by atoms with Crippen molar-refractivity contribution in [1.82, 2.24) is 0 Å². The number of hydrogen-bond donors (Lipinski definition) is 1. The van der Waals surface area contributed by atoms with Crippen LogP contribution in [0.25, 0.3) is 5.76 Å². The van der Waals surface area contributed by atoms with Crippen molar-refractivity contribution in [1.29, 1.82) is 5.26 Å². The fourth-order valence-corrected chi connectivity index (χ4v) is 4.49. The number of rotatable bonds is 5. The van der Waals surface area contributed by atoms with Crippen LogP contribution in [0.3, 0.4) is 0 Å². The molecule has 0 aromatic heterocycles. The van der Waals surface area contributed by atoms with Crippen molar-refractivity contribution in [2.45, 2.75) is 32.2 Å². The smallest absolute Gasteiger partial charge is 0.300 e. The molecule has 1 aliphatic heterocycles. The van der Waals surface area contributed by atoms with E-state index in [1.807, 2.05) is 20.8 Å². The molecule has 1 saturated heterocycles. The van der Waals surface area contributed by atoms with Crippen molar-refractivity contribution in [3.05, 3.63) is 94.6 Å². The zero-order valence-corrected chi connectivity index (χ0v) is 21.4. The van der Waals surface area contributed by atoms with Crippen molar-refractivity contribution in [3.63, 3.8) is 0 Å². The molecule has 1 atom stereocenters. The average molecular weight is 497 g/mol. The van der Waals surface area contributed by atoms with Gasteiger partial charge >= 0.3 is 0 Å². The number of Topliss-reactive ketones (excluding diaryl/α,β-unsaturated/α-hetero) is 1. The molecule has 1 N–H and O–H groups in total. The van der Waals surface area contributed by atoms with E-state index in [0.29, 0.717) is 33.9 Å². The maximum Gasteiger partial charge on any atom is 0.300 e. The van der Waals surface area contributed by atoms with Gasteiger partial charge in [-0.2, -0.15) is 5.26 Å². The van der Waals surface area contributed by atoms with Crippen molar-refractivity contribution < 1.29 is 24.2 Å². The summed E-state index contributed by atoms with van der Waals surface area (Å²) in [6.07, 6.45) is 0. The zero-order chi connectivity index (χ0) is 26.9. The highest BCUT2D eigenvalue weighted by molar-refractivity contribution is 6.51. The molecule has 0 bridgehead atoms. The normalized spacial score (nSPS) is 17.0. The number of amides is 1. The van der Waals surface area contributed by atoms with Crippen LogP contribution >= 0.6 is 0 Å². The molecule has 7 nitrogen and oxygen atoms in total. The van der Waals surface area contributed by atoms with Gasteiger partial charge in [0.15, 0.2) is 0 Å². The molecular weight excluding hydrogens is 468 g/mol. The molecule has 1 unspecified atom stereocenters. The molecule has 0 spiro atoms. The van der Waals surface area contributed by atoms with Crippen LogP contribution in [-0.2, 0) is 15.0 Å². The minimum absolute atomic E-state index is 0.0236. The van der Waals surface area contributed by atoms with Crippen LogP contribution in [0.4, 0.5) is 5.69 Å². The van der Waals surface area contributed by atoms with Crippen LogP contribution in [-0.4, -0.2) is 31.0 Å². The largest absolute Gasteiger partial charge is 0.507 e. The number of ether oxygens (including phenoxy) is 2. The van der Waals surface area contributed by atoms with E-state index in [4.69, 9.17) is 9.47 Å². The number of hydrogen-bond acceptors (Lipinski definition) is 6. The number of nitriles is 1. The molecule has 0 aliphatic carbocycles. The van der Waals surface area contributed by atoms with Gasteiger partial charge in [0.1, 0.15) is 17.3 Å². The third kappa shape index (κ3) is 4.66. The molecule has 3 aromatic rings. The van der Waals surface area contributed by atoms with E-state index in [1.54, 1.807) is 80.9 Å². The van der Waals surface area contributed by atoms with E-state index in [-0.39, 0.29) is 16.7 Å². The summed E-state index contributed by atoms with van der Waals surface area (Å²) in [4.78, 5) is 28.1. The molecule has 1 aliphatic rings. The molecule has 4 rings (SSSR count). The number of anilines is 1. The van der Waals surface area contributed by atoms with E-state index >= 15 is 0 Å². The molecule has 3 aromatic carbocycles. The minimum atomic E-state index is -0.890. The Kier molecular flexibility index (Phi) is 6.78. The molecule has 0 radical (unpaired) electrons. The average Bonchev–Trinajstić information content (AvgIpc) is 3.17. The lowest BCUT2D eigenvalue weighted by Gasteiger charge is -2.26. The Morgan fingerprint density at radius 1 is 0.946 bits per heavy atom. The second kappa shape index (κ2) is 9.82. The number of aliphatic hydroxyl groups excluding tert-OH is 1. The van der Waals surface area contributed by atoms with Crippen molar-refractivity contribution in [3.8, 4) is 17.6 Å². The van der Waals surface area contributed by atoms with Crippen LogP contribution in [0, 0.1) is 11.3 Å². The summed E-state index contributed by atoms with van der Waals surface area (Å²) >= 11 is 0. The van der Waals surface area contributed by atoms with Crippen LogP contribution in [0.1, 0.15) is 49.1 Å². The minimum Gasteiger partial charge on any atom is -0.507 e. The van der Waals surface area contributed by atoms with Gasteiger partial charge in [0, 0.05) is 16.8 Å². The van der Waals surface area contributed by atoms with Gasteiger partial charge in [0.05, 0.1) is 37.5 Å². The SMILES string of the molecule is COc1ccc(C2/C(=C(/O)c3ccc(OC)c(C(C)(C)C)c3)C(=O)C(=O)N2c2ccc(C#N)cc2)cc1. The Labute approximate surface area is 216 Å². The Morgan fingerprint density at radius 2 is 1.59 bits per heavy atom. The molecular formula is C30H28N2O5. The highest BCUT2D eigenvalue weighted by atomic mass is 16.5. The van der Waals surface area contributed by atoms with Crippen LogP contribution in [0.2, 0.25) is 0 Å². The lowest BCUT2D eigenvalue weighted by Crippen LogP contribution is -2.29. The van der Waals surface area contributed by atoms with Crippen LogP contribution in [0.5, 0.6) is 11.5 Å². The van der Waals surface area contributed by atoms with Crippen molar-refractivity contribution in [2.24, 2.45) is 0 Å². The Bertz CT molecular complexity index is 1420. The first-order valence-electron chi connectivity index (χ1n) is 11.7. The third-order valence-electron chi connectivity index (χ3n) is 6.43. The summed E-state index contributed by atoms with van der Waals surface area (Å²) in [6, 6.07) is 19.7. The van der Waals surface area contributed by atoms with Gasteiger partial charge in [0.2, 0.25) is 0 Å². The number of aliphatic hydroxyl groups is 1. The Hall–Kier alpha value is -4.57. The molecule has 1 heterocycles. The maximum absolute atomic E-state index is 13.4. The second-order valence-corrected chi connectivity index (χ2v) is 9.77. The lowest BCUT2D eigenvalue weighted by molar-refractivity contribution is -0.132. The lowest BCUT2D eigenvalue weighted by atomic mass is 9.84. The molecule has 188 valence electrons. The van der Waals surface area contributed by atoms with E-state index in [9.17, 15) is 20.0 Å². The predicted molar refractivity (Wildman–Crippen MR) is 141 cm³/mol. The first-order chi connectivity index (χ1) is 17.6. The monoisotopic (exact) mass is 496 g/mol. The summed E-state index contributed by atoms with van der Waals surface area (Å²) < 4.78 is 10.8. The van der Waals surface area contributed by atoms with E-state index in [0.717, 1.165) is 5.56 Å². The Balaban J connectivity index is 1.94. The molecule has 37 heavy (non-hydrogen) atoms. The summed E-state index contributed by atoms with van der Waals surface area (Å²) in [5.41, 5.74) is 2.41. The fraction of sp³-hybridized carbons (Fsp3) is 0.233. The standard InChI is InChI=1S/C30H28N2O5/c1-30(2,3)23-16-20(10-15-24(23)37-5)27(33)25-26(19-8-13-22(36-4)14-9-19)32(29(35)28(25)34)21-11-6-18(17-31)7-12-21/h6-16,26,33H,1-5H3/b27-25-. The number of nitrogens with zero attached hydrogens (tertiary/aromatic N) is 2. The molecule has 1 amide bonds. The molecule has 7 heteroatoms. The van der Waals surface area contributed by atoms with Gasteiger partial charge in [-0.1, -0.05) is 32.9 Å². The summed E-state index contributed by atoms with van der Waals surface area (Å²) in [6.45, 7) is 6.07. The van der Waals surface area contributed by atoms with Crippen molar-refractivity contribution >= 4 is 23.1 Å². The van der Waals surface area contributed by atoms with Gasteiger partial charge in [0.25, 0.3) is 11.7 Å². The van der Waals surface area contributed by atoms with Crippen LogP contribution in [0.15, 0.2) is 72.3 Å². The van der Waals surface area contributed by atoms with Gasteiger partial charge < -0.3 is 14.6 Å². The number of ketones is 1. The first kappa shape index (κ1) is 25.5. The van der Waals surface area contributed by atoms with Crippen LogP contribution < -0.4 is 14.4 Å². The Morgan fingerprint density at radius 3 is 2.14 bits per heavy atom.